The average Bonchev–Trinajstić information content (AvgIpc) is 2.34. The largest absolute Gasteiger partial charge is 0.399 e. The van der Waals surface area contributed by atoms with Gasteiger partial charge in [-0.2, -0.15) is 0 Å². The van der Waals surface area contributed by atoms with E-state index in [4.69, 9.17) is 10.5 Å². The molecule has 0 heterocycles. The van der Waals surface area contributed by atoms with Crippen LogP contribution in [0.15, 0.2) is 24.3 Å². The molecular weight excluding hydrogens is 216 g/mol. The summed E-state index contributed by atoms with van der Waals surface area (Å²) >= 11 is 0. The second-order valence-electron chi connectivity index (χ2n) is 4.13. The van der Waals surface area contributed by atoms with Gasteiger partial charge in [0, 0.05) is 26.4 Å². The van der Waals surface area contributed by atoms with Gasteiger partial charge in [-0.05, 0) is 31.0 Å². The highest BCUT2D eigenvalue weighted by molar-refractivity contribution is 5.80. The minimum Gasteiger partial charge on any atom is -0.399 e. The predicted octanol–water partition coefficient (Wildman–Crippen LogP) is 1.30. The number of amides is 1. The number of hydrogen-bond donors (Lipinski definition) is 1. The quantitative estimate of drug-likeness (QED) is 0.784. The number of methoxy groups -OCH3 is 1. The summed E-state index contributed by atoms with van der Waals surface area (Å²) in [5.41, 5.74) is 7.58. The van der Waals surface area contributed by atoms with E-state index in [1.54, 1.807) is 18.9 Å². The molecular formula is C13H20N2O2. The molecule has 4 nitrogen and oxygen atoms in total. The Hall–Kier alpha value is -1.55. The van der Waals surface area contributed by atoms with Crippen molar-refractivity contribution in [2.75, 3.05) is 26.4 Å². The van der Waals surface area contributed by atoms with Crippen molar-refractivity contribution >= 4 is 11.6 Å². The Labute approximate surface area is 102 Å². The third-order valence-electron chi connectivity index (χ3n) is 2.76. The maximum Gasteiger partial charge on any atom is 0.251 e. The Kier molecular flexibility index (Phi) is 4.97. The SMILES string of the molecule is COC(C)C(=O)N(C)CCc1cccc(N)c1. The number of hydrogen-bond acceptors (Lipinski definition) is 3. The zero-order valence-electron chi connectivity index (χ0n) is 10.6. The van der Waals surface area contributed by atoms with Crippen molar-refractivity contribution in [2.45, 2.75) is 19.4 Å². The lowest BCUT2D eigenvalue weighted by molar-refractivity contribution is -0.139. The molecule has 0 spiro atoms. The number of benzene rings is 1. The highest BCUT2D eigenvalue weighted by Gasteiger charge is 2.16. The lowest BCUT2D eigenvalue weighted by Crippen LogP contribution is -2.36. The van der Waals surface area contributed by atoms with Gasteiger partial charge in [-0.25, -0.2) is 0 Å². The van der Waals surface area contributed by atoms with Gasteiger partial charge in [-0.3, -0.25) is 4.79 Å². The molecule has 0 radical (unpaired) electrons. The van der Waals surface area contributed by atoms with Crippen molar-refractivity contribution in [3.63, 3.8) is 0 Å². The minimum atomic E-state index is -0.388. The van der Waals surface area contributed by atoms with Crippen LogP contribution in [0, 0.1) is 0 Å². The maximum absolute atomic E-state index is 11.7. The van der Waals surface area contributed by atoms with Gasteiger partial charge >= 0.3 is 0 Å². The van der Waals surface area contributed by atoms with Crippen LogP contribution in [0.5, 0.6) is 0 Å². The lowest BCUT2D eigenvalue weighted by Gasteiger charge is -2.20. The topological polar surface area (TPSA) is 55.6 Å². The van der Waals surface area contributed by atoms with E-state index in [9.17, 15) is 4.79 Å². The third kappa shape index (κ3) is 4.07. The standard InChI is InChI=1S/C13H20N2O2/c1-10(17-3)13(16)15(2)8-7-11-5-4-6-12(14)9-11/h4-6,9-10H,7-8,14H2,1-3H3. The molecule has 17 heavy (non-hydrogen) atoms. The molecule has 0 saturated carbocycles. The molecule has 0 aliphatic rings. The first-order chi connectivity index (χ1) is 8.04. The van der Waals surface area contributed by atoms with Gasteiger partial charge in [0.1, 0.15) is 6.10 Å². The van der Waals surface area contributed by atoms with Crippen LogP contribution in [0.25, 0.3) is 0 Å². The molecule has 0 aliphatic carbocycles. The number of likely N-dealkylation sites (N-methyl/N-ethyl adjacent to an activating group) is 1. The van der Waals surface area contributed by atoms with E-state index in [0.29, 0.717) is 6.54 Å². The van der Waals surface area contributed by atoms with Crippen LogP contribution < -0.4 is 5.73 Å². The van der Waals surface area contributed by atoms with E-state index < -0.39 is 0 Å². The smallest absolute Gasteiger partial charge is 0.251 e. The van der Waals surface area contributed by atoms with Crippen LogP contribution in [0.4, 0.5) is 5.69 Å². The molecule has 1 amide bonds. The van der Waals surface area contributed by atoms with E-state index in [0.717, 1.165) is 17.7 Å². The van der Waals surface area contributed by atoms with E-state index in [1.165, 1.54) is 7.11 Å². The first kappa shape index (κ1) is 13.5. The van der Waals surface area contributed by atoms with Crippen molar-refractivity contribution in [3.8, 4) is 0 Å². The van der Waals surface area contributed by atoms with Gasteiger partial charge < -0.3 is 15.4 Å². The number of nitrogens with zero attached hydrogens (tertiary/aromatic N) is 1. The second-order valence-corrected chi connectivity index (χ2v) is 4.13. The van der Waals surface area contributed by atoms with Crippen molar-refractivity contribution in [1.29, 1.82) is 0 Å². The number of nitrogens with two attached hydrogens (primary N) is 1. The van der Waals surface area contributed by atoms with Crippen LogP contribution >= 0.6 is 0 Å². The fraction of sp³-hybridized carbons (Fsp3) is 0.462. The summed E-state index contributed by atoms with van der Waals surface area (Å²) in [6.07, 6.45) is 0.407. The van der Waals surface area contributed by atoms with Crippen LogP contribution in [0.1, 0.15) is 12.5 Å². The Balaban J connectivity index is 2.48. The van der Waals surface area contributed by atoms with Gasteiger partial charge in [0.2, 0.25) is 0 Å². The van der Waals surface area contributed by atoms with Crippen molar-refractivity contribution < 1.29 is 9.53 Å². The third-order valence-corrected chi connectivity index (χ3v) is 2.76. The van der Waals surface area contributed by atoms with Crippen molar-refractivity contribution in [3.05, 3.63) is 29.8 Å². The molecule has 2 N–H and O–H groups in total. The van der Waals surface area contributed by atoms with E-state index in [-0.39, 0.29) is 12.0 Å². The molecule has 1 aromatic rings. The summed E-state index contributed by atoms with van der Waals surface area (Å²) in [5, 5.41) is 0. The highest BCUT2D eigenvalue weighted by atomic mass is 16.5. The minimum absolute atomic E-state index is 0.00333. The number of carbonyl (C=O) groups is 1. The molecule has 0 saturated heterocycles. The molecule has 94 valence electrons. The lowest BCUT2D eigenvalue weighted by atomic mass is 10.1. The molecule has 1 rings (SSSR count). The van der Waals surface area contributed by atoms with Gasteiger partial charge in [-0.1, -0.05) is 12.1 Å². The van der Waals surface area contributed by atoms with E-state index >= 15 is 0 Å². The Bertz CT molecular complexity index is 379. The molecule has 0 bridgehead atoms. The molecule has 4 heteroatoms. The summed E-state index contributed by atoms with van der Waals surface area (Å²) in [6, 6.07) is 7.71. The van der Waals surface area contributed by atoms with Crippen LogP contribution in [0.2, 0.25) is 0 Å². The van der Waals surface area contributed by atoms with Crippen LogP contribution in [-0.2, 0) is 16.0 Å². The zero-order chi connectivity index (χ0) is 12.8. The number of rotatable bonds is 5. The average molecular weight is 236 g/mol. The summed E-state index contributed by atoms with van der Waals surface area (Å²) in [7, 11) is 3.32. The maximum atomic E-state index is 11.7. The summed E-state index contributed by atoms with van der Waals surface area (Å²) in [6.45, 7) is 2.41. The normalized spacial score (nSPS) is 12.2. The van der Waals surface area contributed by atoms with Crippen molar-refractivity contribution in [2.24, 2.45) is 0 Å². The van der Waals surface area contributed by atoms with Crippen LogP contribution in [0.3, 0.4) is 0 Å². The number of carbonyl (C=O) groups excluding carboxylic acids is 1. The number of nitrogen functional groups attached to an aromatic ring is 1. The summed E-state index contributed by atoms with van der Waals surface area (Å²) < 4.78 is 4.99. The number of ether oxygens (including phenoxy) is 1. The summed E-state index contributed by atoms with van der Waals surface area (Å²) in [5.74, 6) is -0.00333. The number of anilines is 1. The first-order valence-electron chi connectivity index (χ1n) is 5.66. The Morgan fingerprint density at radius 2 is 2.24 bits per heavy atom. The van der Waals surface area contributed by atoms with Gasteiger partial charge in [0.25, 0.3) is 5.91 Å². The van der Waals surface area contributed by atoms with Crippen LogP contribution in [-0.4, -0.2) is 37.6 Å². The van der Waals surface area contributed by atoms with E-state index in [1.807, 2.05) is 24.3 Å². The zero-order valence-corrected chi connectivity index (χ0v) is 10.6. The molecule has 0 aliphatic heterocycles. The van der Waals surface area contributed by atoms with Gasteiger partial charge in [0.05, 0.1) is 0 Å². The second kappa shape index (κ2) is 6.25. The fourth-order valence-electron chi connectivity index (χ4n) is 1.57. The van der Waals surface area contributed by atoms with Gasteiger partial charge in [-0.15, -0.1) is 0 Å². The monoisotopic (exact) mass is 236 g/mol. The molecule has 1 atom stereocenters. The molecule has 1 unspecified atom stereocenters. The first-order valence-corrected chi connectivity index (χ1v) is 5.66. The van der Waals surface area contributed by atoms with E-state index in [2.05, 4.69) is 0 Å². The predicted molar refractivity (Wildman–Crippen MR) is 68.7 cm³/mol. The Morgan fingerprint density at radius 1 is 1.53 bits per heavy atom. The summed E-state index contributed by atoms with van der Waals surface area (Å²) in [4.78, 5) is 13.4. The van der Waals surface area contributed by atoms with Gasteiger partial charge in [0.15, 0.2) is 0 Å². The molecule has 0 fully saturated rings. The Morgan fingerprint density at radius 3 is 2.82 bits per heavy atom. The molecule has 0 aromatic heterocycles. The fourth-order valence-corrected chi connectivity index (χ4v) is 1.57. The van der Waals surface area contributed by atoms with Crippen molar-refractivity contribution in [1.82, 2.24) is 4.90 Å². The highest BCUT2D eigenvalue weighted by Crippen LogP contribution is 2.08. The molecule has 1 aromatic carbocycles.